The van der Waals surface area contributed by atoms with Crippen LogP contribution in [-0.2, 0) is 11.3 Å². The molecule has 98 valence electrons. The lowest BCUT2D eigenvalue weighted by molar-refractivity contribution is 0.185. The Morgan fingerprint density at radius 3 is 2.84 bits per heavy atom. The number of hydrogen-bond acceptors (Lipinski definition) is 4. The highest BCUT2D eigenvalue weighted by molar-refractivity contribution is 7.10. The molecular weight excluding hydrogens is 256 g/mol. The molecule has 1 aliphatic rings. The minimum atomic E-state index is 0.327. The highest BCUT2D eigenvalue weighted by atomic mass is 32.1. The van der Waals surface area contributed by atoms with Crippen molar-refractivity contribution in [3.63, 3.8) is 0 Å². The number of benzene rings is 1. The maximum Gasteiger partial charge on any atom is 0.0838 e. The Labute approximate surface area is 116 Å². The molecule has 0 bridgehead atoms. The van der Waals surface area contributed by atoms with Gasteiger partial charge < -0.3 is 10.2 Å². The summed E-state index contributed by atoms with van der Waals surface area (Å²) in [5.41, 5.74) is 6.72. The highest BCUT2D eigenvalue weighted by Gasteiger charge is 2.21. The van der Waals surface area contributed by atoms with Crippen LogP contribution in [0.5, 0.6) is 0 Å². The lowest BCUT2D eigenvalue weighted by Gasteiger charge is -2.06. The standard InChI is InChI=1S/C15H16N2OS/c1-18-10-11-4-6-12(7-5-11)13-9-14(17-16-13)15-3-2-8-19-15/h2-8,14,17H,9-10H2,1H3. The van der Waals surface area contributed by atoms with Gasteiger partial charge in [0.25, 0.3) is 0 Å². The molecule has 2 heterocycles. The molecule has 0 radical (unpaired) electrons. The summed E-state index contributed by atoms with van der Waals surface area (Å²) in [5, 5.41) is 6.57. The van der Waals surface area contributed by atoms with E-state index in [1.54, 1.807) is 18.4 Å². The molecule has 2 aromatic rings. The summed E-state index contributed by atoms with van der Waals surface area (Å²) in [4.78, 5) is 1.34. The summed E-state index contributed by atoms with van der Waals surface area (Å²) in [5.74, 6) is 0. The molecule has 3 nitrogen and oxygen atoms in total. The summed E-state index contributed by atoms with van der Waals surface area (Å²) in [6, 6.07) is 13.0. The first-order valence-electron chi connectivity index (χ1n) is 6.30. The second kappa shape index (κ2) is 5.55. The minimum Gasteiger partial charge on any atom is -0.380 e. The SMILES string of the molecule is COCc1ccc(C2=NNC(c3cccs3)C2)cc1. The van der Waals surface area contributed by atoms with E-state index in [0.717, 1.165) is 12.1 Å². The zero-order chi connectivity index (χ0) is 13.1. The fraction of sp³-hybridized carbons (Fsp3) is 0.267. The molecule has 19 heavy (non-hydrogen) atoms. The van der Waals surface area contributed by atoms with Crippen LogP contribution in [0.15, 0.2) is 46.9 Å². The highest BCUT2D eigenvalue weighted by Crippen LogP contribution is 2.27. The van der Waals surface area contributed by atoms with Crippen molar-refractivity contribution in [2.75, 3.05) is 7.11 Å². The fourth-order valence-corrected chi connectivity index (χ4v) is 3.01. The third-order valence-corrected chi connectivity index (χ3v) is 4.22. The number of nitrogens with one attached hydrogen (secondary N) is 1. The first-order valence-corrected chi connectivity index (χ1v) is 7.18. The number of rotatable bonds is 4. The molecule has 0 saturated heterocycles. The van der Waals surface area contributed by atoms with Crippen LogP contribution in [0.2, 0.25) is 0 Å². The van der Waals surface area contributed by atoms with Gasteiger partial charge in [-0.15, -0.1) is 11.3 Å². The van der Waals surface area contributed by atoms with Gasteiger partial charge in [-0.1, -0.05) is 30.3 Å². The zero-order valence-electron chi connectivity index (χ0n) is 10.8. The van der Waals surface area contributed by atoms with Crippen molar-refractivity contribution in [2.24, 2.45) is 5.10 Å². The zero-order valence-corrected chi connectivity index (χ0v) is 11.6. The van der Waals surface area contributed by atoms with Crippen LogP contribution in [0.3, 0.4) is 0 Å². The summed E-state index contributed by atoms with van der Waals surface area (Å²) in [7, 11) is 1.71. The van der Waals surface area contributed by atoms with Gasteiger partial charge in [-0.05, 0) is 22.6 Å². The van der Waals surface area contributed by atoms with Crippen molar-refractivity contribution < 1.29 is 4.74 Å². The Kier molecular flexibility index (Phi) is 3.62. The molecule has 1 unspecified atom stereocenters. The lowest BCUT2D eigenvalue weighted by atomic mass is 10.0. The van der Waals surface area contributed by atoms with Gasteiger partial charge in [0.15, 0.2) is 0 Å². The first kappa shape index (κ1) is 12.4. The van der Waals surface area contributed by atoms with Gasteiger partial charge in [-0.25, -0.2) is 0 Å². The largest absolute Gasteiger partial charge is 0.380 e. The van der Waals surface area contributed by atoms with Crippen LogP contribution in [0.4, 0.5) is 0 Å². The van der Waals surface area contributed by atoms with Crippen molar-refractivity contribution in [3.05, 3.63) is 57.8 Å². The normalized spacial score (nSPS) is 18.2. The third-order valence-electron chi connectivity index (χ3n) is 3.24. The average molecular weight is 272 g/mol. The van der Waals surface area contributed by atoms with E-state index in [4.69, 9.17) is 4.74 Å². The summed E-state index contributed by atoms with van der Waals surface area (Å²) in [6.07, 6.45) is 0.949. The van der Waals surface area contributed by atoms with Crippen molar-refractivity contribution in [1.82, 2.24) is 5.43 Å². The van der Waals surface area contributed by atoms with Gasteiger partial charge in [0.1, 0.15) is 0 Å². The maximum atomic E-state index is 5.12. The molecule has 1 atom stereocenters. The van der Waals surface area contributed by atoms with E-state index in [9.17, 15) is 0 Å². The quantitative estimate of drug-likeness (QED) is 0.926. The smallest absolute Gasteiger partial charge is 0.0838 e. The van der Waals surface area contributed by atoms with Gasteiger partial charge in [0, 0.05) is 18.4 Å². The molecule has 0 saturated carbocycles. The van der Waals surface area contributed by atoms with E-state index in [2.05, 4.69) is 52.3 Å². The van der Waals surface area contributed by atoms with E-state index in [0.29, 0.717) is 12.6 Å². The Morgan fingerprint density at radius 1 is 1.32 bits per heavy atom. The Morgan fingerprint density at radius 2 is 2.16 bits per heavy atom. The molecule has 1 aromatic carbocycles. The maximum absolute atomic E-state index is 5.12. The van der Waals surface area contributed by atoms with Gasteiger partial charge in [0.05, 0.1) is 18.4 Å². The van der Waals surface area contributed by atoms with Crippen LogP contribution in [-0.4, -0.2) is 12.8 Å². The van der Waals surface area contributed by atoms with Crippen molar-refractivity contribution >= 4 is 17.0 Å². The molecular formula is C15H16N2OS. The van der Waals surface area contributed by atoms with Gasteiger partial charge in [-0.2, -0.15) is 5.10 Å². The molecule has 1 aromatic heterocycles. The van der Waals surface area contributed by atoms with Gasteiger partial charge >= 0.3 is 0 Å². The van der Waals surface area contributed by atoms with Crippen LogP contribution in [0, 0.1) is 0 Å². The fourth-order valence-electron chi connectivity index (χ4n) is 2.24. The van der Waals surface area contributed by atoms with Crippen molar-refractivity contribution in [2.45, 2.75) is 19.1 Å². The number of methoxy groups -OCH3 is 1. The number of ether oxygens (including phenoxy) is 1. The molecule has 0 fully saturated rings. The van der Waals surface area contributed by atoms with Crippen LogP contribution in [0.25, 0.3) is 0 Å². The van der Waals surface area contributed by atoms with Crippen molar-refractivity contribution in [3.8, 4) is 0 Å². The van der Waals surface area contributed by atoms with Crippen molar-refractivity contribution in [1.29, 1.82) is 0 Å². The molecule has 1 N–H and O–H groups in total. The molecule has 0 aliphatic carbocycles. The summed E-state index contributed by atoms with van der Waals surface area (Å²) >= 11 is 1.77. The topological polar surface area (TPSA) is 33.6 Å². The van der Waals surface area contributed by atoms with Gasteiger partial charge in [0.2, 0.25) is 0 Å². The molecule has 4 heteroatoms. The third kappa shape index (κ3) is 2.69. The van der Waals surface area contributed by atoms with E-state index < -0.39 is 0 Å². The first-order chi connectivity index (χ1) is 9.36. The second-order valence-electron chi connectivity index (χ2n) is 4.59. The van der Waals surface area contributed by atoms with Gasteiger partial charge in [-0.3, -0.25) is 0 Å². The predicted octanol–water partition coefficient (Wildman–Crippen LogP) is 3.33. The number of nitrogens with zero attached hydrogens (tertiary/aromatic N) is 1. The van der Waals surface area contributed by atoms with E-state index in [-0.39, 0.29) is 0 Å². The minimum absolute atomic E-state index is 0.327. The average Bonchev–Trinajstić information content (AvgIpc) is 3.11. The Balaban J connectivity index is 1.70. The lowest BCUT2D eigenvalue weighted by Crippen LogP contribution is -2.07. The summed E-state index contributed by atoms with van der Waals surface area (Å²) in [6.45, 7) is 0.656. The van der Waals surface area contributed by atoms with E-state index >= 15 is 0 Å². The Bertz CT molecular complexity index is 560. The second-order valence-corrected chi connectivity index (χ2v) is 5.57. The van der Waals surface area contributed by atoms with Crippen LogP contribution < -0.4 is 5.43 Å². The van der Waals surface area contributed by atoms with Crippen LogP contribution >= 0.6 is 11.3 Å². The predicted molar refractivity (Wildman–Crippen MR) is 78.5 cm³/mol. The monoisotopic (exact) mass is 272 g/mol. The molecule has 3 rings (SSSR count). The number of hydrogen-bond donors (Lipinski definition) is 1. The van der Waals surface area contributed by atoms with E-state index in [1.165, 1.54) is 16.0 Å². The number of thiophene rings is 1. The summed E-state index contributed by atoms with van der Waals surface area (Å²) < 4.78 is 5.12. The van der Waals surface area contributed by atoms with Crippen LogP contribution in [0.1, 0.15) is 28.5 Å². The Hall–Kier alpha value is -1.65. The molecule has 0 spiro atoms. The number of hydrazone groups is 1. The molecule has 1 aliphatic heterocycles. The van der Waals surface area contributed by atoms with E-state index in [1.807, 2.05) is 0 Å². The molecule has 0 amide bonds.